The van der Waals surface area contributed by atoms with E-state index < -0.39 is 0 Å². The summed E-state index contributed by atoms with van der Waals surface area (Å²) in [5.74, 6) is 0. The van der Waals surface area contributed by atoms with E-state index >= 15 is 0 Å². The van der Waals surface area contributed by atoms with Crippen LogP contribution in [0.25, 0.3) is 22.3 Å². The SMILES string of the molecule is CCCc1ccn(Cc2c[nH]c3nc(-c4ccccc4)ccc23)c1. The predicted molar refractivity (Wildman–Crippen MR) is 99.1 cm³/mol. The molecule has 0 aliphatic rings. The maximum Gasteiger partial charge on any atom is 0.138 e. The summed E-state index contributed by atoms with van der Waals surface area (Å²) in [6.07, 6.45) is 8.81. The van der Waals surface area contributed by atoms with Crippen LogP contribution in [0.5, 0.6) is 0 Å². The van der Waals surface area contributed by atoms with Crippen molar-refractivity contribution in [2.75, 3.05) is 0 Å². The number of fused-ring (bicyclic) bond motifs is 1. The second-order valence-electron chi connectivity index (χ2n) is 6.21. The highest BCUT2D eigenvalue weighted by Crippen LogP contribution is 2.23. The third-order valence-corrected chi connectivity index (χ3v) is 4.40. The highest BCUT2D eigenvalue weighted by atomic mass is 14.9. The zero-order chi connectivity index (χ0) is 16.4. The molecule has 3 heteroatoms. The molecule has 0 amide bonds. The average Bonchev–Trinajstić information content (AvgIpc) is 3.23. The average molecular weight is 315 g/mol. The van der Waals surface area contributed by atoms with Crippen molar-refractivity contribution >= 4 is 11.0 Å². The van der Waals surface area contributed by atoms with E-state index in [0.29, 0.717) is 0 Å². The Bertz CT molecular complexity index is 948. The molecule has 4 aromatic rings. The van der Waals surface area contributed by atoms with E-state index in [1.54, 1.807) is 0 Å². The molecule has 3 aromatic heterocycles. The van der Waals surface area contributed by atoms with Gasteiger partial charge in [-0.05, 0) is 35.7 Å². The van der Waals surface area contributed by atoms with Gasteiger partial charge in [-0.15, -0.1) is 0 Å². The Morgan fingerprint density at radius 3 is 2.75 bits per heavy atom. The van der Waals surface area contributed by atoms with Gasteiger partial charge in [0.05, 0.1) is 5.69 Å². The molecule has 120 valence electrons. The summed E-state index contributed by atoms with van der Waals surface area (Å²) in [5.41, 5.74) is 5.78. The number of nitrogens with one attached hydrogen (secondary N) is 1. The topological polar surface area (TPSA) is 33.6 Å². The molecule has 3 nitrogen and oxygen atoms in total. The Morgan fingerprint density at radius 1 is 1.04 bits per heavy atom. The van der Waals surface area contributed by atoms with Crippen LogP contribution in [0, 0.1) is 0 Å². The highest BCUT2D eigenvalue weighted by molar-refractivity contribution is 5.82. The molecule has 3 heterocycles. The minimum absolute atomic E-state index is 0.871. The van der Waals surface area contributed by atoms with Crippen molar-refractivity contribution < 1.29 is 0 Å². The number of aryl methyl sites for hydroxylation is 1. The second kappa shape index (κ2) is 6.36. The van der Waals surface area contributed by atoms with Gasteiger partial charge in [0.15, 0.2) is 0 Å². The van der Waals surface area contributed by atoms with Gasteiger partial charge in [-0.2, -0.15) is 0 Å². The van der Waals surface area contributed by atoms with Crippen LogP contribution in [0.4, 0.5) is 0 Å². The lowest BCUT2D eigenvalue weighted by atomic mass is 10.1. The first-order chi connectivity index (χ1) is 11.8. The van der Waals surface area contributed by atoms with Crippen LogP contribution >= 0.6 is 0 Å². The molecule has 0 spiro atoms. The first kappa shape index (κ1) is 14.8. The number of benzene rings is 1. The Hall–Kier alpha value is -2.81. The number of hydrogen-bond donors (Lipinski definition) is 1. The summed E-state index contributed by atoms with van der Waals surface area (Å²) in [6.45, 7) is 3.09. The van der Waals surface area contributed by atoms with Gasteiger partial charge < -0.3 is 9.55 Å². The fourth-order valence-electron chi connectivity index (χ4n) is 3.18. The maximum atomic E-state index is 4.78. The molecule has 0 atom stereocenters. The third-order valence-electron chi connectivity index (χ3n) is 4.40. The van der Waals surface area contributed by atoms with Gasteiger partial charge >= 0.3 is 0 Å². The lowest BCUT2D eigenvalue weighted by Crippen LogP contribution is -1.95. The molecule has 0 fully saturated rings. The lowest BCUT2D eigenvalue weighted by molar-refractivity contribution is 0.803. The van der Waals surface area contributed by atoms with E-state index in [9.17, 15) is 0 Å². The Balaban J connectivity index is 1.63. The zero-order valence-electron chi connectivity index (χ0n) is 13.9. The number of rotatable bonds is 5. The van der Waals surface area contributed by atoms with Crippen molar-refractivity contribution in [3.8, 4) is 11.3 Å². The van der Waals surface area contributed by atoms with Crippen molar-refractivity contribution in [2.24, 2.45) is 0 Å². The van der Waals surface area contributed by atoms with Crippen LogP contribution in [0.2, 0.25) is 0 Å². The molecule has 0 aliphatic carbocycles. The van der Waals surface area contributed by atoms with Gasteiger partial charge in [-0.25, -0.2) is 4.98 Å². The first-order valence-corrected chi connectivity index (χ1v) is 8.50. The number of aromatic amines is 1. The molecule has 0 saturated carbocycles. The Kier molecular flexibility index (Phi) is 3.91. The van der Waals surface area contributed by atoms with Crippen LogP contribution < -0.4 is 0 Å². The summed E-state index contributed by atoms with van der Waals surface area (Å²) >= 11 is 0. The van der Waals surface area contributed by atoms with Crippen molar-refractivity contribution in [3.05, 3.63) is 78.2 Å². The van der Waals surface area contributed by atoms with Gasteiger partial charge in [0.25, 0.3) is 0 Å². The van der Waals surface area contributed by atoms with Crippen LogP contribution in [-0.2, 0) is 13.0 Å². The quantitative estimate of drug-likeness (QED) is 0.550. The number of H-pyrrole nitrogens is 1. The lowest BCUT2D eigenvalue weighted by Gasteiger charge is -2.03. The van der Waals surface area contributed by atoms with Crippen LogP contribution in [0.1, 0.15) is 24.5 Å². The van der Waals surface area contributed by atoms with Crippen molar-refractivity contribution in [2.45, 2.75) is 26.3 Å². The van der Waals surface area contributed by atoms with Crippen LogP contribution in [0.3, 0.4) is 0 Å². The predicted octanol–water partition coefficient (Wildman–Crippen LogP) is 5.03. The molecule has 0 aliphatic heterocycles. The van der Waals surface area contributed by atoms with E-state index in [2.05, 4.69) is 65.4 Å². The van der Waals surface area contributed by atoms with Gasteiger partial charge in [0.2, 0.25) is 0 Å². The van der Waals surface area contributed by atoms with E-state index in [1.807, 2.05) is 18.2 Å². The standard InChI is InChI=1S/C21H21N3/c1-2-6-16-11-12-24(14-16)15-18-13-22-21-19(18)9-10-20(23-21)17-7-4-3-5-8-17/h3-5,7-14H,2,6,15H2,1H3,(H,22,23). The van der Waals surface area contributed by atoms with Gasteiger partial charge in [-0.1, -0.05) is 43.7 Å². The minimum Gasteiger partial charge on any atom is -0.350 e. The van der Waals surface area contributed by atoms with E-state index in [1.165, 1.54) is 22.9 Å². The smallest absolute Gasteiger partial charge is 0.138 e. The molecular formula is C21H21N3. The summed E-state index contributed by atoms with van der Waals surface area (Å²) in [5, 5.41) is 1.19. The molecule has 0 unspecified atom stereocenters. The van der Waals surface area contributed by atoms with E-state index in [-0.39, 0.29) is 0 Å². The largest absolute Gasteiger partial charge is 0.350 e. The number of pyridine rings is 1. The minimum atomic E-state index is 0.871. The van der Waals surface area contributed by atoms with Crippen molar-refractivity contribution in [1.29, 1.82) is 0 Å². The van der Waals surface area contributed by atoms with Gasteiger partial charge in [-0.3, -0.25) is 0 Å². The first-order valence-electron chi connectivity index (χ1n) is 8.50. The Morgan fingerprint density at radius 2 is 1.92 bits per heavy atom. The summed E-state index contributed by atoms with van der Waals surface area (Å²) in [4.78, 5) is 8.10. The third kappa shape index (κ3) is 2.85. The van der Waals surface area contributed by atoms with Gasteiger partial charge in [0, 0.05) is 36.1 Å². The second-order valence-corrected chi connectivity index (χ2v) is 6.21. The van der Waals surface area contributed by atoms with Crippen molar-refractivity contribution in [3.63, 3.8) is 0 Å². The van der Waals surface area contributed by atoms with Gasteiger partial charge in [0.1, 0.15) is 5.65 Å². The molecule has 0 bridgehead atoms. The number of aromatic nitrogens is 3. The fourth-order valence-corrected chi connectivity index (χ4v) is 3.18. The Labute approximate surface area is 142 Å². The molecule has 0 saturated heterocycles. The molecule has 1 aromatic carbocycles. The zero-order valence-corrected chi connectivity index (χ0v) is 13.9. The highest BCUT2D eigenvalue weighted by Gasteiger charge is 2.08. The normalized spacial score (nSPS) is 11.2. The van der Waals surface area contributed by atoms with E-state index in [0.717, 1.165) is 29.9 Å². The molecule has 1 N–H and O–H groups in total. The summed E-state index contributed by atoms with van der Waals surface area (Å²) in [7, 11) is 0. The number of hydrogen-bond acceptors (Lipinski definition) is 1. The van der Waals surface area contributed by atoms with Crippen molar-refractivity contribution in [1.82, 2.24) is 14.5 Å². The monoisotopic (exact) mass is 315 g/mol. The summed E-state index contributed by atoms with van der Waals surface area (Å²) in [6, 6.07) is 16.8. The fraction of sp³-hybridized carbons (Fsp3) is 0.190. The number of nitrogens with zero attached hydrogens (tertiary/aromatic N) is 2. The molecule has 0 radical (unpaired) electrons. The van der Waals surface area contributed by atoms with Crippen LogP contribution in [-0.4, -0.2) is 14.5 Å². The van der Waals surface area contributed by atoms with Crippen LogP contribution in [0.15, 0.2) is 67.1 Å². The molecular weight excluding hydrogens is 294 g/mol. The maximum absolute atomic E-state index is 4.78. The van der Waals surface area contributed by atoms with E-state index in [4.69, 9.17) is 4.98 Å². The molecule has 4 rings (SSSR count). The molecule has 24 heavy (non-hydrogen) atoms. The summed E-state index contributed by atoms with van der Waals surface area (Å²) < 4.78 is 2.25.